The molecule has 0 aliphatic carbocycles. The third-order valence-corrected chi connectivity index (χ3v) is 2.79. The van der Waals surface area contributed by atoms with E-state index in [4.69, 9.17) is 10.5 Å². The van der Waals surface area contributed by atoms with E-state index in [9.17, 15) is 0 Å². The molecule has 5 heteroatoms. The number of rotatable bonds is 7. The average molecular weight is 261 g/mol. The average Bonchev–Trinajstić information content (AvgIpc) is 2.81. The highest BCUT2D eigenvalue weighted by atomic mass is 15.0. The van der Waals surface area contributed by atoms with Gasteiger partial charge in [-0.2, -0.15) is 10.5 Å². The van der Waals surface area contributed by atoms with E-state index in [-0.39, 0.29) is 0 Å². The molecule has 0 spiro atoms. The molecule has 0 aromatic carbocycles. The summed E-state index contributed by atoms with van der Waals surface area (Å²) in [6, 6.07) is 0. The molecule has 104 valence electrons. The van der Waals surface area contributed by atoms with Crippen LogP contribution in [0, 0.1) is 22.9 Å². The van der Waals surface area contributed by atoms with E-state index in [2.05, 4.69) is 23.5 Å². The van der Waals surface area contributed by atoms with Crippen molar-refractivity contribution in [3.63, 3.8) is 0 Å². The van der Waals surface area contributed by atoms with Crippen LogP contribution in [0.2, 0.25) is 0 Å². The highest BCUT2D eigenvalue weighted by Crippen LogP contribution is 2.08. The van der Waals surface area contributed by atoms with E-state index in [1.54, 1.807) is 5.32 Å². The van der Waals surface area contributed by atoms with Crippen LogP contribution in [0.1, 0.15) is 51.3 Å². The van der Waals surface area contributed by atoms with Crippen molar-refractivity contribution in [3.05, 3.63) is 18.2 Å². The Morgan fingerprint density at radius 2 is 1.79 bits per heavy atom. The van der Waals surface area contributed by atoms with Gasteiger partial charge < -0.3 is 4.57 Å². The monoisotopic (exact) mass is 261 g/mol. The predicted molar refractivity (Wildman–Crippen MR) is 74.6 cm³/mol. The van der Waals surface area contributed by atoms with Crippen molar-refractivity contribution in [1.82, 2.24) is 14.9 Å². The van der Waals surface area contributed by atoms with Crippen molar-refractivity contribution < 1.29 is 0 Å². The van der Waals surface area contributed by atoms with Gasteiger partial charge in [-0.1, -0.05) is 39.0 Å². The molecule has 0 bridgehead atoms. The number of aromatic nitrogens is 2. The maximum Gasteiger partial charge on any atom is 0.190 e. The smallest absolute Gasteiger partial charge is 0.190 e. The first kappa shape index (κ1) is 17.0. The van der Waals surface area contributed by atoms with Gasteiger partial charge in [-0.15, -0.1) is 0 Å². The lowest BCUT2D eigenvalue weighted by molar-refractivity contribution is 0.595. The molecular weight excluding hydrogens is 238 g/mol. The Bertz CT molecular complexity index is 385. The molecule has 1 heterocycles. The SMILES string of the molecule is CCCCCCCCc1nccn1C.N#CNC#N. The molecule has 0 saturated carbocycles. The Balaban J connectivity index is 0.000000555. The molecule has 0 unspecified atom stereocenters. The quantitative estimate of drug-likeness (QED) is 0.465. The normalized spacial score (nSPS) is 8.84. The molecule has 0 fully saturated rings. The fourth-order valence-electron chi connectivity index (χ4n) is 1.73. The third-order valence-electron chi connectivity index (χ3n) is 2.79. The highest BCUT2D eigenvalue weighted by molar-refractivity contribution is 4.90. The molecule has 5 nitrogen and oxygen atoms in total. The van der Waals surface area contributed by atoms with Crippen LogP contribution in [0.25, 0.3) is 0 Å². The summed E-state index contributed by atoms with van der Waals surface area (Å²) in [5.41, 5.74) is 0. The topological polar surface area (TPSA) is 77.4 Å². The number of hydrogen-bond acceptors (Lipinski definition) is 4. The van der Waals surface area contributed by atoms with E-state index in [0.717, 1.165) is 6.42 Å². The maximum atomic E-state index is 7.48. The van der Waals surface area contributed by atoms with Crippen LogP contribution >= 0.6 is 0 Å². The van der Waals surface area contributed by atoms with Gasteiger partial charge in [-0.25, -0.2) is 10.3 Å². The highest BCUT2D eigenvalue weighted by Gasteiger charge is 1.97. The summed E-state index contributed by atoms with van der Waals surface area (Å²) >= 11 is 0. The van der Waals surface area contributed by atoms with Crippen LogP contribution in [0.3, 0.4) is 0 Å². The first-order chi connectivity index (χ1) is 9.26. The number of unbranched alkanes of at least 4 members (excludes halogenated alkanes) is 5. The summed E-state index contributed by atoms with van der Waals surface area (Å²) in [7, 11) is 2.07. The molecule has 1 N–H and O–H groups in total. The van der Waals surface area contributed by atoms with E-state index < -0.39 is 0 Å². The van der Waals surface area contributed by atoms with Gasteiger partial charge in [0.2, 0.25) is 0 Å². The second kappa shape index (κ2) is 12.4. The Morgan fingerprint density at radius 3 is 2.26 bits per heavy atom. The Kier molecular flexibility index (Phi) is 11.1. The minimum atomic E-state index is 1.13. The minimum absolute atomic E-state index is 1.13. The van der Waals surface area contributed by atoms with E-state index in [1.165, 1.54) is 56.7 Å². The van der Waals surface area contributed by atoms with E-state index >= 15 is 0 Å². The van der Waals surface area contributed by atoms with Crippen LogP contribution in [0.4, 0.5) is 0 Å². The van der Waals surface area contributed by atoms with Gasteiger partial charge in [0.05, 0.1) is 0 Å². The predicted octanol–water partition coefficient (Wildman–Crippen LogP) is 2.86. The van der Waals surface area contributed by atoms with E-state index in [1.807, 2.05) is 12.4 Å². The molecule has 0 saturated heterocycles. The van der Waals surface area contributed by atoms with Gasteiger partial charge >= 0.3 is 0 Å². The largest absolute Gasteiger partial charge is 0.338 e. The van der Waals surface area contributed by atoms with Crippen LogP contribution < -0.4 is 5.32 Å². The molecule has 0 aliphatic rings. The lowest BCUT2D eigenvalue weighted by Crippen LogP contribution is -1.96. The van der Waals surface area contributed by atoms with Crippen LogP contribution in [0.15, 0.2) is 12.4 Å². The van der Waals surface area contributed by atoms with Crippen LogP contribution in [-0.2, 0) is 13.5 Å². The molecule has 1 aromatic heterocycles. The van der Waals surface area contributed by atoms with Crippen molar-refractivity contribution in [3.8, 4) is 12.4 Å². The van der Waals surface area contributed by atoms with Crippen LogP contribution in [-0.4, -0.2) is 9.55 Å². The van der Waals surface area contributed by atoms with Crippen molar-refractivity contribution in [2.45, 2.75) is 51.9 Å². The minimum Gasteiger partial charge on any atom is -0.338 e. The van der Waals surface area contributed by atoms with Crippen molar-refractivity contribution in [2.75, 3.05) is 0 Å². The first-order valence-electron chi connectivity index (χ1n) is 6.75. The zero-order chi connectivity index (χ0) is 14.3. The Morgan fingerprint density at radius 1 is 1.16 bits per heavy atom. The number of nitrogens with one attached hydrogen (secondary N) is 1. The Labute approximate surface area is 115 Å². The zero-order valence-corrected chi connectivity index (χ0v) is 11.9. The number of aryl methyl sites for hydroxylation is 2. The summed E-state index contributed by atoms with van der Waals surface area (Å²) in [5, 5.41) is 16.7. The molecule has 1 aromatic rings. The van der Waals surface area contributed by atoms with Gasteiger partial charge in [0.1, 0.15) is 5.82 Å². The molecule has 0 atom stereocenters. The molecule has 0 amide bonds. The summed E-state index contributed by atoms with van der Waals surface area (Å²) in [6.45, 7) is 2.26. The van der Waals surface area contributed by atoms with Gasteiger partial charge in [-0.05, 0) is 6.42 Å². The number of imidazole rings is 1. The van der Waals surface area contributed by atoms with Gasteiger partial charge in [0.25, 0.3) is 0 Å². The van der Waals surface area contributed by atoms with Crippen LogP contribution in [0.5, 0.6) is 0 Å². The fourth-order valence-corrected chi connectivity index (χ4v) is 1.73. The molecule has 0 aliphatic heterocycles. The summed E-state index contributed by atoms with van der Waals surface area (Å²) in [5.74, 6) is 1.22. The number of nitriles is 2. The second-order valence-corrected chi connectivity index (χ2v) is 4.32. The molecule has 19 heavy (non-hydrogen) atoms. The summed E-state index contributed by atoms with van der Waals surface area (Å²) in [6.07, 6.45) is 16.0. The third kappa shape index (κ3) is 9.67. The summed E-state index contributed by atoms with van der Waals surface area (Å²) in [4.78, 5) is 4.31. The second-order valence-electron chi connectivity index (χ2n) is 4.32. The maximum absolute atomic E-state index is 7.48. The lowest BCUT2D eigenvalue weighted by atomic mass is 10.1. The zero-order valence-electron chi connectivity index (χ0n) is 11.9. The van der Waals surface area contributed by atoms with Crippen molar-refractivity contribution in [2.24, 2.45) is 7.05 Å². The van der Waals surface area contributed by atoms with Gasteiger partial charge in [0.15, 0.2) is 12.4 Å². The lowest BCUT2D eigenvalue weighted by Gasteiger charge is -2.01. The van der Waals surface area contributed by atoms with Gasteiger partial charge in [-0.3, -0.25) is 0 Å². The van der Waals surface area contributed by atoms with Crippen molar-refractivity contribution in [1.29, 1.82) is 10.5 Å². The fraction of sp³-hybridized carbons (Fsp3) is 0.643. The number of hydrogen-bond donors (Lipinski definition) is 1. The standard InChI is InChI=1S/C12H22N2.C2HN3/c1-3-4-5-6-7-8-9-12-13-10-11-14(12)2;3-1-5-2-4/h10-11H,3-9H2,1-2H3;5H. The molecular formula is C14H23N5. The molecule has 1 rings (SSSR count). The summed E-state index contributed by atoms with van der Waals surface area (Å²) < 4.78 is 2.12. The Hall–Kier alpha value is -2.01. The van der Waals surface area contributed by atoms with Crippen molar-refractivity contribution >= 4 is 0 Å². The number of nitrogens with zero attached hydrogens (tertiary/aromatic N) is 4. The van der Waals surface area contributed by atoms with E-state index in [0.29, 0.717) is 0 Å². The first-order valence-corrected chi connectivity index (χ1v) is 6.75. The van der Waals surface area contributed by atoms with Gasteiger partial charge in [0, 0.05) is 25.9 Å². The molecule has 0 radical (unpaired) electrons.